The molecule has 94 valence electrons. The van der Waals surface area contributed by atoms with E-state index in [9.17, 15) is 4.79 Å². The van der Waals surface area contributed by atoms with Gasteiger partial charge in [0.15, 0.2) is 0 Å². The highest BCUT2D eigenvalue weighted by atomic mass is 16.2. The van der Waals surface area contributed by atoms with E-state index >= 15 is 0 Å². The lowest BCUT2D eigenvalue weighted by Crippen LogP contribution is -2.38. The van der Waals surface area contributed by atoms with E-state index in [4.69, 9.17) is 5.26 Å². The van der Waals surface area contributed by atoms with Gasteiger partial charge in [-0.2, -0.15) is 5.26 Å². The van der Waals surface area contributed by atoms with Gasteiger partial charge < -0.3 is 4.90 Å². The average molecular weight is 234 g/mol. The first-order chi connectivity index (χ1) is 8.07. The van der Waals surface area contributed by atoms with Crippen LogP contribution in [0.15, 0.2) is 11.8 Å². The van der Waals surface area contributed by atoms with E-state index in [1.807, 2.05) is 18.7 Å². The Morgan fingerprint density at radius 3 is 2.88 bits per heavy atom. The number of carbonyl (C=O) groups excluding carboxylic acids is 1. The monoisotopic (exact) mass is 234 g/mol. The summed E-state index contributed by atoms with van der Waals surface area (Å²) in [5.74, 6) is 0.491. The number of nitriles is 1. The molecule has 3 nitrogen and oxygen atoms in total. The standard InChI is InChI=1S/C14H22N2O/c1-11(2)16(12(3)17)14-9-5-4-7-13(14)8-6-10-15/h9,11,13H,4-8H2,1-3H3. The predicted molar refractivity (Wildman–Crippen MR) is 67.9 cm³/mol. The number of carbonyl (C=O) groups is 1. The lowest BCUT2D eigenvalue weighted by atomic mass is 9.87. The molecule has 0 heterocycles. The molecule has 0 aromatic carbocycles. The fraction of sp³-hybridized carbons (Fsp3) is 0.714. The van der Waals surface area contributed by atoms with Gasteiger partial charge >= 0.3 is 0 Å². The Kier molecular flexibility index (Phi) is 5.21. The van der Waals surface area contributed by atoms with Crippen LogP contribution >= 0.6 is 0 Å². The number of rotatable bonds is 4. The number of amides is 1. The Morgan fingerprint density at radius 2 is 2.35 bits per heavy atom. The summed E-state index contributed by atoms with van der Waals surface area (Å²) in [7, 11) is 0. The van der Waals surface area contributed by atoms with Gasteiger partial charge in [-0.1, -0.05) is 6.08 Å². The second-order valence-electron chi connectivity index (χ2n) is 4.94. The molecular formula is C14H22N2O. The fourth-order valence-corrected chi connectivity index (χ4v) is 2.60. The van der Waals surface area contributed by atoms with Gasteiger partial charge in [-0.15, -0.1) is 0 Å². The van der Waals surface area contributed by atoms with E-state index in [1.165, 1.54) is 6.42 Å². The van der Waals surface area contributed by atoms with Gasteiger partial charge in [0, 0.05) is 25.1 Å². The molecule has 1 rings (SSSR count). The Bertz CT molecular complexity index is 339. The van der Waals surface area contributed by atoms with Crippen LogP contribution in [0.2, 0.25) is 0 Å². The summed E-state index contributed by atoms with van der Waals surface area (Å²) in [6, 6.07) is 2.40. The van der Waals surface area contributed by atoms with Gasteiger partial charge in [-0.25, -0.2) is 0 Å². The molecule has 0 fully saturated rings. The highest BCUT2D eigenvalue weighted by Crippen LogP contribution is 2.32. The third kappa shape index (κ3) is 3.59. The maximum Gasteiger partial charge on any atom is 0.223 e. The minimum atomic E-state index is 0.107. The zero-order valence-electron chi connectivity index (χ0n) is 11.1. The van der Waals surface area contributed by atoms with Crippen LogP contribution in [0.5, 0.6) is 0 Å². The Labute approximate surface area is 104 Å². The number of hydrogen-bond donors (Lipinski definition) is 0. The van der Waals surface area contributed by atoms with Gasteiger partial charge in [-0.05, 0) is 45.4 Å². The van der Waals surface area contributed by atoms with Crippen LogP contribution in [-0.4, -0.2) is 16.8 Å². The molecule has 1 atom stereocenters. The lowest BCUT2D eigenvalue weighted by Gasteiger charge is -2.35. The molecule has 1 amide bonds. The first-order valence-electron chi connectivity index (χ1n) is 6.44. The summed E-state index contributed by atoms with van der Waals surface area (Å²) >= 11 is 0. The highest BCUT2D eigenvalue weighted by Gasteiger charge is 2.26. The van der Waals surface area contributed by atoms with Crippen molar-refractivity contribution >= 4 is 5.91 Å². The van der Waals surface area contributed by atoms with Gasteiger partial charge in [0.2, 0.25) is 5.91 Å². The van der Waals surface area contributed by atoms with Crippen LogP contribution in [0, 0.1) is 17.2 Å². The first-order valence-corrected chi connectivity index (χ1v) is 6.44. The van der Waals surface area contributed by atoms with Crippen molar-refractivity contribution in [3.8, 4) is 6.07 Å². The smallest absolute Gasteiger partial charge is 0.223 e. The zero-order chi connectivity index (χ0) is 12.8. The van der Waals surface area contributed by atoms with Crippen molar-refractivity contribution in [2.24, 2.45) is 5.92 Å². The lowest BCUT2D eigenvalue weighted by molar-refractivity contribution is -0.128. The minimum absolute atomic E-state index is 0.107. The summed E-state index contributed by atoms with van der Waals surface area (Å²) < 4.78 is 0. The summed E-state index contributed by atoms with van der Waals surface area (Å²) in [6.07, 6.45) is 6.96. The van der Waals surface area contributed by atoms with Gasteiger partial charge in [-0.3, -0.25) is 4.79 Å². The summed E-state index contributed by atoms with van der Waals surface area (Å²) in [6.45, 7) is 5.70. The van der Waals surface area contributed by atoms with Gasteiger partial charge in [0.25, 0.3) is 0 Å². The molecule has 1 aliphatic rings. The van der Waals surface area contributed by atoms with E-state index in [0.29, 0.717) is 12.3 Å². The first kappa shape index (κ1) is 13.8. The van der Waals surface area contributed by atoms with Crippen molar-refractivity contribution in [2.45, 2.75) is 58.9 Å². The molecule has 1 aliphatic carbocycles. The quantitative estimate of drug-likeness (QED) is 0.749. The molecule has 0 saturated carbocycles. The van der Waals surface area contributed by atoms with Crippen molar-refractivity contribution < 1.29 is 4.79 Å². The van der Waals surface area contributed by atoms with Gasteiger partial charge in [0.1, 0.15) is 0 Å². The molecule has 0 aliphatic heterocycles. The normalized spacial score (nSPS) is 19.7. The summed E-state index contributed by atoms with van der Waals surface area (Å²) in [5, 5.41) is 8.69. The molecule has 0 aromatic rings. The van der Waals surface area contributed by atoms with Gasteiger partial charge in [0.05, 0.1) is 6.07 Å². The second-order valence-corrected chi connectivity index (χ2v) is 4.94. The highest BCUT2D eigenvalue weighted by molar-refractivity contribution is 5.75. The van der Waals surface area contributed by atoms with E-state index in [1.54, 1.807) is 6.92 Å². The largest absolute Gasteiger partial charge is 0.314 e. The predicted octanol–water partition coefficient (Wildman–Crippen LogP) is 3.23. The maximum absolute atomic E-state index is 11.7. The molecule has 0 N–H and O–H groups in total. The van der Waals surface area contributed by atoms with Crippen LogP contribution in [0.1, 0.15) is 52.9 Å². The van der Waals surface area contributed by atoms with E-state index in [-0.39, 0.29) is 11.9 Å². The van der Waals surface area contributed by atoms with Crippen molar-refractivity contribution in [1.82, 2.24) is 4.90 Å². The Morgan fingerprint density at radius 1 is 1.65 bits per heavy atom. The molecule has 17 heavy (non-hydrogen) atoms. The molecule has 3 heteroatoms. The summed E-state index contributed by atoms with van der Waals surface area (Å²) in [5.41, 5.74) is 1.15. The minimum Gasteiger partial charge on any atom is -0.314 e. The Balaban J connectivity index is 2.86. The molecule has 0 radical (unpaired) electrons. The van der Waals surface area contributed by atoms with E-state index < -0.39 is 0 Å². The van der Waals surface area contributed by atoms with E-state index in [0.717, 1.165) is 25.0 Å². The SMILES string of the molecule is CC(=O)N(C1=CCCCC1CCC#N)C(C)C. The van der Waals surface area contributed by atoms with Crippen molar-refractivity contribution in [1.29, 1.82) is 5.26 Å². The Hall–Kier alpha value is -1.30. The third-order valence-corrected chi connectivity index (χ3v) is 3.27. The summed E-state index contributed by atoms with van der Waals surface area (Å²) in [4.78, 5) is 13.6. The average Bonchev–Trinajstić information content (AvgIpc) is 2.27. The van der Waals surface area contributed by atoms with E-state index in [2.05, 4.69) is 12.1 Å². The second kappa shape index (κ2) is 6.44. The molecule has 0 bridgehead atoms. The molecule has 0 saturated heterocycles. The topological polar surface area (TPSA) is 44.1 Å². The molecule has 0 spiro atoms. The van der Waals surface area contributed by atoms with Crippen molar-refractivity contribution in [3.05, 3.63) is 11.8 Å². The zero-order valence-corrected chi connectivity index (χ0v) is 11.1. The number of hydrogen-bond acceptors (Lipinski definition) is 2. The van der Waals surface area contributed by atoms with Crippen molar-refractivity contribution in [3.63, 3.8) is 0 Å². The van der Waals surface area contributed by atoms with Crippen LogP contribution in [0.3, 0.4) is 0 Å². The van der Waals surface area contributed by atoms with Crippen LogP contribution in [0.4, 0.5) is 0 Å². The van der Waals surface area contributed by atoms with Crippen LogP contribution < -0.4 is 0 Å². The molecule has 0 aromatic heterocycles. The maximum atomic E-state index is 11.7. The van der Waals surface area contributed by atoms with Crippen LogP contribution in [0.25, 0.3) is 0 Å². The number of nitrogens with zero attached hydrogens (tertiary/aromatic N) is 2. The fourth-order valence-electron chi connectivity index (χ4n) is 2.60. The van der Waals surface area contributed by atoms with Crippen LogP contribution in [-0.2, 0) is 4.79 Å². The van der Waals surface area contributed by atoms with Crippen molar-refractivity contribution in [2.75, 3.05) is 0 Å². The molecule has 1 unspecified atom stereocenters. The number of allylic oxidation sites excluding steroid dienone is 2. The molecular weight excluding hydrogens is 212 g/mol. The third-order valence-electron chi connectivity index (χ3n) is 3.27.